The van der Waals surface area contributed by atoms with E-state index < -0.39 is 21.2 Å². The van der Waals surface area contributed by atoms with Gasteiger partial charge in [0, 0.05) is 0 Å². The average Bonchev–Trinajstić information content (AvgIpc) is 2.13. The summed E-state index contributed by atoms with van der Waals surface area (Å²) in [5.74, 6) is 0. The summed E-state index contributed by atoms with van der Waals surface area (Å²) in [4.78, 5) is 25.4. The Labute approximate surface area is 113 Å². The molecule has 0 spiro atoms. The molecule has 3 N–H and O–H groups in total. The van der Waals surface area contributed by atoms with Crippen LogP contribution in [0.2, 0.25) is 0 Å². The molecule has 1 atom stereocenters. The largest absolute Gasteiger partial charge is 0.481 e. The molecule has 19 heavy (non-hydrogen) atoms. The van der Waals surface area contributed by atoms with Crippen LogP contribution in [0.1, 0.15) is 20.8 Å². The van der Waals surface area contributed by atoms with Gasteiger partial charge in [0.15, 0.2) is 0 Å². The van der Waals surface area contributed by atoms with Gasteiger partial charge >= 0.3 is 15.6 Å². The summed E-state index contributed by atoms with van der Waals surface area (Å²) >= 11 is 0. The van der Waals surface area contributed by atoms with Gasteiger partial charge in [-0.2, -0.15) is 4.31 Å². The standard InChI is InChI=1S/C5H12O7P2.C5H8/c1-4-5(2,3)11-14(9,10)12-13(6,7)8;1-4-5(2)3/h4H,1H2,2-3H3,(H,9,10)(H2,6,7,8);4H,1-2H2,3H3. The molecule has 0 aromatic carbocycles. The molecule has 0 aromatic heterocycles. The van der Waals surface area contributed by atoms with E-state index in [2.05, 4.69) is 28.6 Å². The molecule has 0 rings (SSSR count). The summed E-state index contributed by atoms with van der Waals surface area (Å²) in [6, 6.07) is 0. The molecule has 9 heteroatoms. The van der Waals surface area contributed by atoms with E-state index in [-0.39, 0.29) is 0 Å². The van der Waals surface area contributed by atoms with Crippen LogP contribution >= 0.6 is 15.6 Å². The third-order valence-corrected chi connectivity index (χ3v) is 3.78. The zero-order valence-corrected chi connectivity index (χ0v) is 12.9. The molecular weight excluding hydrogens is 294 g/mol. The maximum Gasteiger partial charge on any atom is 0.481 e. The van der Waals surface area contributed by atoms with Crippen LogP contribution in [0.4, 0.5) is 0 Å². The second-order valence-electron chi connectivity index (χ2n) is 3.99. The molecule has 0 aliphatic heterocycles. The van der Waals surface area contributed by atoms with E-state index >= 15 is 0 Å². The second-order valence-corrected chi connectivity index (χ2v) is 6.74. The topological polar surface area (TPSA) is 113 Å². The van der Waals surface area contributed by atoms with Crippen molar-refractivity contribution in [2.24, 2.45) is 0 Å². The van der Waals surface area contributed by atoms with Crippen molar-refractivity contribution in [1.82, 2.24) is 0 Å². The van der Waals surface area contributed by atoms with Crippen LogP contribution in [0.3, 0.4) is 0 Å². The van der Waals surface area contributed by atoms with Gasteiger partial charge in [-0.3, -0.25) is 4.52 Å². The van der Waals surface area contributed by atoms with Gasteiger partial charge < -0.3 is 14.7 Å². The maximum atomic E-state index is 11.0. The molecule has 0 heterocycles. The molecule has 0 saturated heterocycles. The van der Waals surface area contributed by atoms with Crippen LogP contribution in [-0.4, -0.2) is 20.3 Å². The molecule has 0 amide bonds. The highest BCUT2D eigenvalue weighted by atomic mass is 31.3. The summed E-state index contributed by atoms with van der Waals surface area (Å²) in [7, 11) is -9.84. The quantitative estimate of drug-likeness (QED) is 0.392. The lowest BCUT2D eigenvalue weighted by Gasteiger charge is -2.23. The smallest absolute Gasteiger partial charge is 0.302 e. The van der Waals surface area contributed by atoms with E-state index in [4.69, 9.17) is 14.7 Å². The summed E-state index contributed by atoms with van der Waals surface area (Å²) in [6.07, 6.45) is 2.92. The third-order valence-electron chi connectivity index (χ3n) is 1.40. The summed E-state index contributed by atoms with van der Waals surface area (Å²) in [6.45, 7) is 15.0. The highest BCUT2D eigenvalue weighted by Gasteiger charge is 2.36. The van der Waals surface area contributed by atoms with Gasteiger partial charge in [-0.25, -0.2) is 9.13 Å². The Balaban J connectivity index is 0. The first kappa shape index (κ1) is 20.8. The molecule has 0 saturated carbocycles. The lowest BCUT2D eigenvalue weighted by Crippen LogP contribution is -2.19. The Bertz CT molecular complexity index is 422. The molecular formula is C10H20O7P2. The Kier molecular flexibility index (Phi) is 8.67. The molecule has 0 fully saturated rings. The van der Waals surface area contributed by atoms with Gasteiger partial charge in [-0.05, 0) is 20.8 Å². The zero-order valence-electron chi connectivity index (χ0n) is 11.1. The normalized spacial score (nSPS) is 14.6. The Morgan fingerprint density at radius 2 is 1.58 bits per heavy atom. The monoisotopic (exact) mass is 314 g/mol. The Morgan fingerprint density at radius 3 is 1.79 bits per heavy atom. The first-order chi connectivity index (χ1) is 8.24. The average molecular weight is 314 g/mol. The van der Waals surface area contributed by atoms with Gasteiger partial charge in [0.05, 0.1) is 5.60 Å². The lowest BCUT2D eigenvalue weighted by molar-refractivity contribution is 0.100. The van der Waals surface area contributed by atoms with Crippen molar-refractivity contribution in [2.45, 2.75) is 26.4 Å². The number of phosphoric ester groups is 1. The Morgan fingerprint density at radius 1 is 1.21 bits per heavy atom. The second kappa shape index (κ2) is 7.92. The molecule has 112 valence electrons. The number of phosphoric acid groups is 2. The first-order valence-corrected chi connectivity index (χ1v) is 7.99. The third kappa shape index (κ3) is 15.4. The SMILES string of the molecule is C=CC(=C)C.C=CC(C)(C)OP(=O)(O)OP(=O)(O)O. The minimum atomic E-state index is -5.06. The molecule has 0 aromatic rings. The predicted molar refractivity (Wildman–Crippen MR) is 73.3 cm³/mol. The van der Waals surface area contributed by atoms with E-state index in [0.29, 0.717) is 0 Å². The van der Waals surface area contributed by atoms with Gasteiger partial charge in [0.25, 0.3) is 0 Å². The van der Waals surface area contributed by atoms with Crippen molar-refractivity contribution in [2.75, 3.05) is 0 Å². The number of allylic oxidation sites excluding steroid dienone is 2. The van der Waals surface area contributed by atoms with Crippen LogP contribution < -0.4 is 0 Å². The van der Waals surface area contributed by atoms with Crippen molar-refractivity contribution in [3.63, 3.8) is 0 Å². The fourth-order valence-corrected chi connectivity index (χ4v) is 2.36. The molecule has 0 aliphatic rings. The van der Waals surface area contributed by atoms with E-state index in [1.54, 1.807) is 6.08 Å². The van der Waals surface area contributed by atoms with Gasteiger partial charge in [-0.1, -0.05) is 30.9 Å². The highest BCUT2D eigenvalue weighted by molar-refractivity contribution is 7.60. The van der Waals surface area contributed by atoms with E-state index in [1.807, 2.05) is 6.92 Å². The van der Waals surface area contributed by atoms with Gasteiger partial charge in [0.2, 0.25) is 0 Å². The fourth-order valence-electron chi connectivity index (χ4n) is 0.486. The summed E-state index contributed by atoms with van der Waals surface area (Å²) in [5.41, 5.74) is -0.204. The van der Waals surface area contributed by atoms with Crippen molar-refractivity contribution >= 4 is 15.6 Å². The van der Waals surface area contributed by atoms with Crippen molar-refractivity contribution in [1.29, 1.82) is 0 Å². The van der Waals surface area contributed by atoms with Crippen molar-refractivity contribution in [3.05, 3.63) is 37.5 Å². The van der Waals surface area contributed by atoms with Crippen LogP contribution in [0, 0.1) is 0 Å². The minimum Gasteiger partial charge on any atom is -0.302 e. The predicted octanol–water partition coefficient (Wildman–Crippen LogP) is 2.93. The van der Waals surface area contributed by atoms with Crippen LogP contribution in [0.5, 0.6) is 0 Å². The van der Waals surface area contributed by atoms with E-state index in [1.165, 1.54) is 19.9 Å². The number of hydrogen-bond acceptors (Lipinski definition) is 4. The molecule has 0 bridgehead atoms. The van der Waals surface area contributed by atoms with Crippen LogP contribution in [0.25, 0.3) is 0 Å². The molecule has 7 nitrogen and oxygen atoms in total. The van der Waals surface area contributed by atoms with E-state index in [9.17, 15) is 9.13 Å². The molecule has 0 radical (unpaired) electrons. The minimum absolute atomic E-state index is 1.02. The van der Waals surface area contributed by atoms with Gasteiger partial charge in [0.1, 0.15) is 0 Å². The fraction of sp³-hybridized carbons (Fsp3) is 0.400. The molecule has 0 aliphatic carbocycles. The summed E-state index contributed by atoms with van der Waals surface area (Å²) in [5, 5.41) is 0. The highest BCUT2D eigenvalue weighted by Crippen LogP contribution is 2.59. The van der Waals surface area contributed by atoms with Crippen molar-refractivity contribution < 1.29 is 32.6 Å². The molecule has 1 unspecified atom stereocenters. The maximum absolute atomic E-state index is 11.0. The zero-order chi connectivity index (χ0) is 15.9. The van der Waals surface area contributed by atoms with Crippen molar-refractivity contribution in [3.8, 4) is 0 Å². The van der Waals surface area contributed by atoms with Crippen LogP contribution in [0.15, 0.2) is 37.5 Å². The first-order valence-electron chi connectivity index (χ1n) is 4.96. The lowest BCUT2D eigenvalue weighted by atomic mass is 10.1. The summed E-state index contributed by atoms with van der Waals surface area (Å²) < 4.78 is 29.2. The van der Waals surface area contributed by atoms with Crippen LogP contribution in [-0.2, 0) is 18.0 Å². The number of hydrogen-bond donors (Lipinski definition) is 3. The van der Waals surface area contributed by atoms with E-state index in [0.717, 1.165) is 5.57 Å². The van der Waals surface area contributed by atoms with Gasteiger partial charge in [-0.15, -0.1) is 6.58 Å². The number of rotatable bonds is 6. The Hall–Kier alpha value is -0.520.